The molecule has 0 aliphatic rings. The summed E-state index contributed by atoms with van der Waals surface area (Å²) in [5.74, 6) is -0.388. The van der Waals surface area contributed by atoms with Gasteiger partial charge in [-0.1, -0.05) is 30.3 Å². The fourth-order valence-electron chi connectivity index (χ4n) is 1.85. The number of ether oxygens (including phenoxy) is 3. The van der Waals surface area contributed by atoms with E-state index in [1.165, 1.54) is 13.3 Å². The van der Waals surface area contributed by atoms with E-state index >= 15 is 0 Å². The highest BCUT2D eigenvalue weighted by Crippen LogP contribution is 2.01. The molecule has 1 aromatic carbocycles. The summed E-state index contributed by atoms with van der Waals surface area (Å²) in [7, 11) is 1.35. The lowest BCUT2D eigenvalue weighted by molar-refractivity contribution is 0.0371. The van der Waals surface area contributed by atoms with Crippen molar-refractivity contribution >= 4 is 5.97 Å². The Kier molecular flexibility index (Phi) is 6.60. The molecule has 6 nitrogen and oxygen atoms in total. The Balaban J connectivity index is 1.54. The van der Waals surface area contributed by atoms with Crippen LogP contribution >= 0.6 is 0 Å². The van der Waals surface area contributed by atoms with E-state index in [9.17, 15) is 4.79 Å². The van der Waals surface area contributed by atoms with Gasteiger partial charge in [0, 0.05) is 6.20 Å². The van der Waals surface area contributed by atoms with Crippen molar-refractivity contribution in [2.24, 2.45) is 0 Å². The summed E-state index contributed by atoms with van der Waals surface area (Å²) in [6.45, 7) is 2.75. The van der Waals surface area contributed by atoms with Gasteiger partial charge in [-0.2, -0.15) is 5.10 Å². The Labute approximate surface area is 129 Å². The van der Waals surface area contributed by atoms with Crippen LogP contribution in [-0.2, 0) is 27.4 Å². The second kappa shape index (κ2) is 8.96. The normalized spacial score (nSPS) is 10.6. The molecular formula is C16H20N2O4. The van der Waals surface area contributed by atoms with Gasteiger partial charge in [0.2, 0.25) is 0 Å². The summed E-state index contributed by atoms with van der Waals surface area (Å²) < 4.78 is 17.2. The van der Waals surface area contributed by atoms with Crippen LogP contribution < -0.4 is 0 Å². The van der Waals surface area contributed by atoms with Crippen molar-refractivity contribution in [2.75, 3.05) is 26.9 Å². The van der Waals surface area contributed by atoms with E-state index in [-0.39, 0.29) is 5.97 Å². The molecule has 0 unspecified atom stereocenters. The topological polar surface area (TPSA) is 62.6 Å². The molecule has 0 spiro atoms. The van der Waals surface area contributed by atoms with Gasteiger partial charge in [-0.3, -0.25) is 4.68 Å². The molecule has 0 saturated carbocycles. The van der Waals surface area contributed by atoms with Crippen LogP contribution in [0.15, 0.2) is 42.7 Å². The van der Waals surface area contributed by atoms with Gasteiger partial charge in [0.1, 0.15) is 0 Å². The highest BCUT2D eigenvalue weighted by Gasteiger charge is 2.07. The molecule has 0 atom stereocenters. The first-order chi connectivity index (χ1) is 10.8. The molecule has 6 heteroatoms. The van der Waals surface area contributed by atoms with Gasteiger partial charge in [-0.25, -0.2) is 4.79 Å². The molecule has 0 aliphatic carbocycles. The van der Waals surface area contributed by atoms with Crippen molar-refractivity contribution in [1.29, 1.82) is 0 Å². The van der Waals surface area contributed by atoms with Crippen molar-refractivity contribution in [1.82, 2.24) is 9.78 Å². The minimum atomic E-state index is -0.388. The van der Waals surface area contributed by atoms with E-state index in [1.54, 1.807) is 10.9 Å². The zero-order valence-corrected chi connectivity index (χ0v) is 12.6. The predicted molar refractivity (Wildman–Crippen MR) is 80.5 cm³/mol. The quantitative estimate of drug-likeness (QED) is 0.523. The Morgan fingerprint density at radius 1 is 1.14 bits per heavy atom. The van der Waals surface area contributed by atoms with Crippen molar-refractivity contribution in [3.05, 3.63) is 53.9 Å². The van der Waals surface area contributed by atoms with Crippen molar-refractivity contribution in [2.45, 2.75) is 13.2 Å². The first-order valence-corrected chi connectivity index (χ1v) is 7.10. The molecule has 0 radical (unpaired) electrons. The summed E-state index contributed by atoms with van der Waals surface area (Å²) in [6.07, 6.45) is 3.12. The molecular weight excluding hydrogens is 284 g/mol. The minimum Gasteiger partial charge on any atom is -0.465 e. The highest BCUT2D eigenvalue weighted by atomic mass is 16.5. The number of rotatable bonds is 9. The molecule has 2 rings (SSSR count). The third-order valence-corrected chi connectivity index (χ3v) is 3.00. The van der Waals surface area contributed by atoms with Crippen LogP contribution in [0.4, 0.5) is 0 Å². The van der Waals surface area contributed by atoms with Gasteiger partial charge in [0.05, 0.1) is 51.8 Å². The van der Waals surface area contributed by atoms with E-state index < -0.39 is 0 Å². The zero-order chi connectivity index (χ0) is 15.6. The van der Waals surface area contributed by atoms with E-state index in [1.807, 2.05) is 30.3 Å². The van der Waals surface area contributed by atoms with Gasteiger partial charge < -0.3 is 14.2 Å². The number of esters is 1. The van der Waals surface area contributed by atoms with Crippen LogP contribution in [0.25, 0.3) is 0 Å². The maximum absolute atomic E-state index is 11.3. The fourth-order valence-corrected chi connectivity index (χ4v) is 1.85. The van der Waals surface area contributed by atoms with Crippen LogP contribution in [0.5, 0.6) is 0 Å². The molecule has 1 heterocycles. The highest BCUT2D eigenvalue weighted by molar-refractivity contribution is 5.88. The van der Waals surface area contributed by atoms with Crippen LogP contribution in [-0.4, -0.2) is 42.7 Å². The van der Waals surface area contributed by atoms with Gasteiger partial charge >= 0.3 is 5.97 Å². The summed E-state index contributed by atoms with van der Waals surface area (Å²) in [4.78, 5) is 11.3. The van der Waals surface area contributed by atoms with Gasteiger partial charge in [0.25, 0.3) is 0 Å². The fraction of sp³-hybridized carbons (Fsp3) is 0.375. The monoisotopic (exact) mass is 304 g/mol. The number of carbonyl (C=O) groups excluding carboxylic acids is 1. The lowest BCUT2D eigenvalue weighted by atomic mass is 10.2. The molecule has 0 saturated heterocycles. The average molecular weight is 304 g/mol. The first kappa shape index (κ1) is 16.2. The molecule has 2 aromatic rings. The standard InChI is InChI=1S/C16H20N2O4/c1-20-16(19)15-11-17-18(12-15)7-8-21-9-10-22-13-14-5-3-2-4-6-14/h2-6,11-12H,7-10,13H2,1H3. The number of aromatic nitrogens is 2. The lowest BCUT2D eigenvalue weighted by Gasteiger charge is -2.06. The molecule has 22 heavy (non-hydrogen) atoms. The van der Waals surface area contributed by atoms with Gasteiger partial charge in [0.15, 0.2) is 0 Å². The van der Waals surface area contributed by atoms with E-state index in [2.05, 4.69) is 9.84 Å². The van der Waals surface area contributed by atoms with Crippen LogP contribution in [0.2, 0.25) is 0 Å². The van der Waals surface area contributed by atoms with E-state index in [0.29, 0.717) is 38.5 Å². The van der Waals surface area contributed by atoms with Crippen LogP contribution in [0, 0.1) is 0 Å². The molecule has 0 N–H and O–H groups in total. The van der Waals surface area contributed by atoms with Crippen molar-refractivity contribution < 1.29 is 19.0 Å². The number of nitrogens with zero attached hydrogens (tertiary/aromatic N) is 2. The van der Waals surface area contributed by atoms with Crippen LogP contribution in [0.3, 0.4) is 0 Å². The summed E-state index contributed by atoms with van der Waals surface area (Å²) in [5, 5.41) is 4.06. The number of hydrogen-bond donors (Lipinski definition) is 0. The van der Waals surface area contributed by atoms with Gasteiger partial charge in [-0.15, -0.1) is 0 Å². The predicted octanol–water partition coefficient (Wildman–Crippen LogP) is 1.90. The zero-order valence-electron chi connectivity index (χ0n) is 12.6. The Hall–Kier alpha value is -2.18. The summed E-state index contributed by atoms with van der Waals surface area (Å²) >= 11 is 0. The number of methoxy groups -OCH3 is 1. The molecule has 0 aliphatic heterocycles. The first-order valence-electron chi connectivity index (χ1n) is 7.10. The Morgan fingerprint density at radius 2 is 1.91 bits per heavy atom. The smallest absolute Gasteiger partial charge is 0.341 e. The Morgan fingerprint density at radius 3 is 2.68 bits per heavy atom. The van der Waals surface area contributed by atoms with E-state index in [4.69, 9.17) is 9.47 Å². The SMILES string of the molecule is COC(=O)c1cnn(CCOCCOCc2ccccc2)c1. The Bertz CT molecular complexity index is 569. The van der Waals surface area contributed by atoms with E-state index in [0.717, 1.165) is 5.56 Å². The number of benzene rings is 1. The largest absolute Gasteiger partial charge is 0.465 e. The van der Waals surface area contributed by atoms with Crippen molar-refractivity contribution in [3.63, 3.8) is 0 Å². The maximum Gasteiger partial charge on any atom is 0.341 e. The number of hydrogen-bond acceptors (Lipinski definition) is 5. The molecule has 0 fully saturated rings. The van der Waals surface area contributed by atoms with Crippen LogP contribution in [0.1, 0.15) is 15.9 Å². The average Bonchev–Trinajstić information content (AvgIpc) is 3.03. The summed E-state index contributed by atoms with van der Waals surface area (Å²) in [5.41, 5.74) is 1.59. The second-order valence-electron chi connectivity index (χ2n) is 4.63. The summed E-state index contributed by atoms with van der Waals surface area (Å²) in [6, 6.07) is 10.0. The molecule has 0 bridgehead atoms. The molecule has 118 valence electrons. The molecule has 1 aromatic heterocycles. The third-order valence-electron chi connectivity index (χ3n) is 3.00. The third kappa shape index (κ3) is 5.31. The van der Waals surface area contributed by atoms with Gasteiger partial charge in [-0.05, 0) is 5.56 Å². The minimum absolute atomic E-state index is 0.388. The second-order valence-corrected chi connectivity index (χ2v) is 4.63. The maximum atomic E-state index is 11.3. The molecule has 0 amide bonds. The van der Waals surface area contributed by atoms with Crippen molar-refractivity contribution in [3.8, 4) is 0 Å². The lowest BCUT2D eigenvalue weighted by Crippen LogP contribution is -2.10. The number of carbonyl (C=O) groups is 1.